The van der Waals surface area contributed by atoms with E-state index in [-0.39, 0.29) is 5.91 Å². The first-order chi connectivity index (χ1) is 10.6. The van der Waals surface area contributed by atoms with Crippen LogP contribution in [0.4, 0.5) is 5.69 Å². The van der Waals surface area contributed by atoms with Gasteiger partial charge in [0.05, 0.1) is 0 Å². The van der Waals surface area contributed by atoms with Crippen LogP contribution in [0, 0.1) is 13.8 Å². The first-order valence-electron chi connectivity index (χ1n) is 7.42. The van der Waals surface area contributed by atoms with Crippen molar-refractivity contribution in [2.75, 3.05) is 11.4 Å². The highest BCUT2D eigenvalue weighted by molar-refractivity contribution is 6.05. The van der Waals surface area contributed by atoms with E-state index in [4.69, 9.17) is 0 Å². The first kappa shape index (κ1) is 14.3. The second-order valence-corrected chi connectivity index (χ2v) is 5.48. The summed E-state index contributed by atoms with van der Waals surface area (Å²) < 4.78 is 1.88. The number of carbonyl (C=O) groups excluding carboxylic acids is 1. The molecule has 0 radical (unpaired) electrons. The Morgan fingerprint density at radius 2 is 1.95 bits per heavy atom. The van der Waals surface area contributed by atoms with E-state index >= 15 is 0 Å². The highest BCUT2D eigenvalue weighted by Crippen LogP contribution is 2.19. The van der Waals surface area contributed by atoms with Crippen molar-refractivity contribution >= 4 is 17.2 Å². The smallest absolute Gasteiger partial charge is 0.278 e. The molecule has 0 N–H and O–H groups in total. The van der Waals surface area contributed by atoms with E-state index in [1.807, 2.05) is 67.8 Å². The lowest BCUT2D eigenvalue weighted by molar-refractivity contribution is 0.0984. The zero-order chi connectivity index (χ0) is 15.7. The number of fused-ring (bicyclic) bond motifs is 1. The Labute approximate surface area is 130 Å². The molecule has 3 aromatic rings. The predicted octanol–water partition coefficient (Wildman–Crippen LogP) is 3.62. The number of hydrogen-bond donors (Lipinski definition) is 0. The number of amides is 1. The summed E-state index contributed by atoms with van der Waals surface area (Å²) in [5.41, 5.74) is 4.43. The van der Waals surface area contributed by atoms with E-state index in [9.17, 15) is 4.79 Å². The van der Waals surface area contributed by atoms with Crippen LogP contribution in [0.2, 0.25) is 0 Å². The van der Waals surface area contributed by atoms with Gasteiger partial charge in [0.25, 0.3) is 5.91 Å². The number of aryl methyl sites for hydroxylation is 2. The number of benzene rings is 1. The van der Waals surface area contributed by atoms with Crippen LogP contribution in [-0.4, -0.2) is 21.8 Å². The topological polar surface area (TPSA) is 37.6 Å². The number of aromatic nitrogens is 2. The molecule has 0 unspecified atom stereocenters. The molecule has 0 fully saturated rings. The van der Waals surface area contributed by atoms with Gasteiger partial charge in [-0.25, -0.2) is 4.98 Å². The number of imidazole rings is 1. The Balaban J connectivity index is 1.99. The fourth-order valence-electron chi connectivity index (χ4n) is 2.56. The lowest BCUT2D eigenvalue weighted by atomic mass is 10.2. The lowest BCUT2D eigenvalue weighted by Gasteiger charge is -2.20. The molecular weight excluding hydrogens is 274 g/mol. The highest BCUT2D eigenvalue weighted by Gasteiger charge is 2.19. The third-order valence-electron chi connectivity index (χ3n) is 3.71. The van der Waals surface area contributed by atoms with Crippen molar-refractivity contribution in [1.29, 1.82) is 0 Å². The average Bonchev–Trinajstić information content (AvgIpc) is 2.91. The third kappa shape index (κ3) is 2.60. The monoisotopic (exact) mass is 293 g/mol. The Bertz CT molecular complexity index is 835. The Morgan fingerprint density at radius 1 is 1.18 bits per heavy atom. The Kier molecular flexibility index (Phi) is 3.67. The zero-order valence-electron chi connectivity index (χ0n) is 13.1. The number of carbonyl (C=O) groups is 1. The van der Waals surface area contributed by atoms with Crippen LogP contribution < -0.4 is 4.90 Å². The Hall–Kier alpha value is -2.62. The van der Waals surface area contributed by atoms with Gasteiger partial charge >= 0.3 is 0 Å². The van der Waals surface area contributed by atoms with Crippen LogP contribution in [0.25, 0.3) is 5.65 Å². The molecule has 2 heterocycles. The molecule has 0 saturated carbocycles. The van der Waals surface area contributed by atoms with E-state index in [1.165, 1.54) is 0 Å². The predicted molar refractivity (Wildman–Crippen MR) is 88.5 cm³/mol. The van der Waals surface area contributed by atoms with Crippen molar-refractivity contribution in [1.82, 2.24) is 9.38 Å². The van der Waals surface area contributed by atoms with E-state index in [1.54, 1.807) is 11.1 Å². The van der Waals surface area contributed by atoms with Gasteiger partial charge < -0.3 is 9.30 Å². The molecule has 1 aromatic carbocycles. The second-order valence-electron chi connectivity index (χ2n) is 5.48. The van der Waals surface area contributed by atoms with Crippen molar-refractivity contribution in [3.63, 3.8) is 0 Å². The van der Waals surface area contributed by atoms with Crippen LogP contribution in [0.5, 0.6) is 0 Å². The largest absolute Gasteiger partial charge is 0.307 e. The molecule has 4 heteroatoms. The summed E-state index contributed by atoms with van der Waals surface area (Å²) in [5, 5.41) is 0. The standard InChI is InChI=1S/C18H19N3O/c1-4-21(15-7-5-6-13(2)10-15)18(22)16-12-20-9-8-14(3)11-17(20)19-16/h5-12H,4H2,1-3H3. The van der Waals surface area contributed by atoms with Gasteiger partial charge in [0, 0.05) is 24.6 Å². The first-order valence-corrected chi connectivity index (χ1v) is 7.42. The number of hydrogen-bond acceptors (Lipinski definition) is 2. The summed E-state index contributed by atoms with van der Waals surface area (Å²) in [6, 6.07) is 11.9. The summed E-state index contributed by atoms with van der Waals surface area (Å²) >= 11 is 0. The number of nitrogens with zero attached hydrogens (tertiary/aromatic N) is 3. The van der Waals surface area contributed by atoms with Crippen LogP contribution in [0.3, 0.4) is 0 Å². The molecule has 112 valence electrons. The second kappa shape index (κ2) is 5.64. The van der Waals surface area contributed by atoms with Crippen molar-refractivity contribution < 1.29 is 4.79 Å². The molecule has 4 nitrogen and oxygen atoms in total. The van der Waals surface area contributed by atoms with Gasteiger partial charge in [0.2, 0.25) is 0 Å². The number of pyridine rings is 1. The van der Waals surface area contributed by atoms with Crippen LogP contribution >= 0.6 is 0 Å². The van der Waals surface area contributed by atoms with Gasteiger partial charge in [-0.1, -0.05) is 12.1 Å². The maximum absolute atomic E-state index is 12.8. The molecule has 0 bridgehead atoms. The van der Waals surface area contributed by atoms with Crippen molar-refractivity contribution in [2.45, 2.75) is 20.8 Å². The average molecular weight is 293 g/mol. The van der Waals surface area contributed by atoms with E-state index < -0.39 is 0 Å². The summed E-state index contributed by atoms with van der Waals surface area (Å²) in [6.45, 7) is 6.62. The number of rotatable bonds is 3. The molecule has 0 aliphatic heterocycles. The maximum Gasteiger partial charge on any atom is 0.278 e. The molecule has 0 atom stereocenters. The van der Waals surface area contributed by atoms with Crippen LogP contribution in [-0.2, 0) is 0 Å². The summed E-state index contributed by atoms with van der Waals surface area (Å²) in [5.74, 6) is -0.0746. The molecule has 1 amide bonds. The molecule has 0 saturated heterocycles. The fraction of sp³-hybridized carbons (Fsp3) is 0.222. The van der Waals surface area contributed by atoms with Crippen molar-refractivity contribution in [3.05, 3.63) is 65.6 Å². The zero-order valence-corrected chi connectivity index (χ0v) is 13.1. The molecule has 0 aliphatic rings. The lowest BCUT2D eigenvalue weighted by Crippen LogP contribution is -2.30. The molecular formula is C18H19N3O. The highest BCUT2D eigenvalue weighted by atomic mass is 16.2. The molecule has 22 heavy (non-hydrogen) atoms. The van der Waals surface area contributed by atoms with Gasteiger partial charge in [0.1, 0.15) is 11.3 Å². The van der Waals surface area contributed by atoms with Gasteiger partial charge in [-0.15, -0.1) is 0 Å². The normalized spacial score (nSPS) is 10.9. The quantitative estimate of drug-likeness (QED) is 0.739. The molecule has 3 rings (SSSR count). The summed E-state index contributed by atoms with van der Waals surface area (Å²) in [7, 11) is 0. The number of anilines is 1. The van der Waals surface area contributed by atoms with Crippen LogP contribution in [0.15, 0.2) is 48.8 Å². The maximum atomic E-state index is 12.8. The van der Waals surface area contributed by atoms with E-state index in [2.05, 4.69) is 4.98 Å². The minimum Gasteiger partial charge on any atom is -0.307 e. The van der Waals surface area contributed by atoms with E-state index in [0.717, 1.165) is 22.5 Å². The third-order valence-corrected chi connectivity index (χ3v) is 3.71. The fourth-order valence-corrected chi connectivity index (χ4v) is 2.56. The molecule has 2 aromatic heterocycles. The van der Waals surface area contributed by atoms with E-state index in [0.29, 0.717) is 12.2 Å². The van der Waals surface area contributed by atoms with Crippen molar-refractivity contribution in [2.24, 2.45) is 0 Å². The van der Waals surface area contributed by atoms with Crippen molar-refractivity contribution in [3.8, 4) is 0 Å². The summed E-state index contributed by atoms with van der Waals surface area (Å²) in [4.78, 5) is 19.0. The van der Waals surface area contributed by atoms with Gasteiger partial charge in [-0.2, -0.15) is 0 Å². The van der Waals surface area contributed by atoms with Crippen LogP contribution in [0.1, 0.15) is 28.5 Å². The SMILES string of the molecule is CCN(C(=O)c1cn2ccc(C)cc2n1)c1cccc(C)c1. The molecule has 0 aliphatic carbocycles. The minimum absolute atomic E-state index is 0.0746. The van der Waals surface area contributed by atoms with Gasteiger partial charge in [-0.3, -0.25) is 4.79 Å². The minimum atomic E-state index is -0.0746. The summed E-state index contributed by atoms with van der Waals surface area (Å²) in [6.07, 6.45) is 3.72. The van der Waals surface area contributed by atoms with Gasteiger partial charge in [0.15, 0.2) is 0 Å². The van der Waals surface area contributed by atoms with Gasteiger partial charge in [-0.05, 0) is 56.2 Å². The molecule has 0 spiro atoms. The Morgan fingerprint density at radius 3 is 2.68 bits per heavy atom.